The molecule has 2 atom stereocenters. The van der Waals surface area contributed by atoms with Crippen molar-refractivity contribution >= 4 is 11.4 Å². The van der Waals surface area contributed by atoms with Gasteiger partial charge in [-0.15, -0.1) is 0 Å². The summed E-state index contributed by atoms with van der Waals surface area (Å²) in [5.74, 6) is 0.773. The highest BCUT2D eigenvalue weighted by Gasteiger charge is 2.21. The lowest BCUT2D eigenvalue weighted by Gasteiger charge is -2.24. The zero-order valence-corrected chi connectivity index (χ0v) is 10.9. The SMILES string of the molecule is COc1ccc(N)c(NC2CCCCCC2O)c1. The lowest BCUT2D eigenvalue weighted by atomic mass is 10.1. The Labute approximate surface area is 108 Å². The third kappa shape index (κ3) is 3.07. The van der Waals surface area contributed by atoms with E-state index in [0.717, 1.165) is 37.1 Å². The number of aliphatic hydroxyl groups excluding tert-OH is 1. The molecule has 1 aliphatic rings. The molecular weight excluding hydrogens is 228 g/mol. The smallest absolute Gasteiger partial charge is 0.121 e. The number of nitrogen functional groups attached to an aromatic ring is 1. The normalized spacial score (nSPS) is 24.3. The van der Waals surface area contributed by atoms with Crippen molar-refractivity contribution < 1.29 is 9.84 Å². The Balaban J connectivity index is 2.11. The Morgan fingerprint density at radius 2 is 2.06 bits per heavy atom. The van der Waals surface area contributed by atoms with E-state index in [1.807, 2.05) is 18.2 Å². The van der Waals surface area contributed by atoms with Crippen LogP contribution in [0.2, 0.25) is 0 Å². The molecule has 0 saturated heterocycles. The van der Waals surface area contributed by atoms with Crippen molar-refractivity contribution in [3.63, 3.8) is 0 Å². The van der Waals surface area contributed by atoms with Gasteiger partial charge in [-0.3, -0.25) is 0 Å². The van der Waals surface area contributed by atoms with E-state index in [1.165, 1.54) is 6.42 Å². The van der Waals surface area contributed by atoms with Gasteiger partial charge in [-0.05, 0) is 25.0 Å². The number of nitrogens with two attached hydrogens (primary N) is 1. The fourth-order valence-corrected chi connectivity index (χ4v) is 2.44. The van der Waals surface area contributed by atoms with Crippen LogP contribution in [0.3, 0.4) is 0 Å². The predicted molar refractivity (Wildman–Crippen MR) is 73.9 cm³/mol. The molecule has 4 N–H and O–H groups in total. The number of aliphatic hydroxyl groups is 1. The van der Waals surface area contributed by atoms with Gasteiger partial charge in [0.25, 0.3) is 0 Å². The highest BCUT2D eigenvalue weighted by atomic mass is 16.5. The minimum absolute atomic E-state index is 0.0851. The molecule has 2 rings (SSSR count). The zero-order chi connectivity index (χ0) is 13.0. The van der Waals surface area contributed by atoms with Crippen LogP contribution in [0.4, 0.5) is 11.4 Å². The first-order valence-electron chi connectivity index (χ1n) is 6.59. The molecule has 0 radical (unpaired) electrons. The maximum Gasteiger partial charge on any atom is 0.121 e. The summed E-state index contributed by atoms with van der Waals surface area (Å²) in [6.07, 6.45) is 5.01. The summed E-state index contributed by atoms with van der Waals surface area (Å²) in [5.41, 5.74) is 7.48. The minimum Gasteiger partial charge on any atom is -0.497 e. The molecule has 18 heavy (non-hydrogen) atoms. The fourth-order valence-electron chi connectivity index (χ4n) is 2.44. The molecule has 1 aromatic carbocycles. The quantitative estimate of drug-likeness (QED) is 0.569. The number of benzene rings is 1. The third-order valence-corrected chi connectivity index (χ3v) is 3.58. The Kier molecular flexibility index (Phi) is 4.31. The second kappa shape index (κ2) is 5.96. The molecule has 100 valence electrons. The summed E-state index contributed by atoms with van der Waals surface area (Å²) in [6, 6.07) is 5.63. The number of anilines is 2. The molecule has 4 nitrogen and oxygen atoms in total. The van der Waals surface area contributed by atoms with E-state index in [4.69, 9.17) is 10.5 Å². The van der Waals surface area contributed by atoms with Gasteiger partial charge in [-0.25, -0.2) is 0 Å². The first kappa shape index (κ1) is 13.0. The molecule has 1 saturated carbocycles. The molecule has 2 unspecified atom stereocenters. The standard InChI is InChI=1S/C14H22N2O2/c1-18-10-7-8-11(15)13(9-10)16-12-5-3-2-4-6-14(12)17/h7-9,12,14,16-17H,2-6,15H2,1H3. The van der Waals surface area contributed by atoms with Crippen molar-refractivity contribution in [3.8, 4) is 5.75 Å². The van der Waals surface area contributed by atoms with Crippen LogP contribution >= 0.6 is 0 Å². The van der Waals surface area contributed by atoms with Crippen molar-refractivity contribution in [1.29, 1.82) is 0 Å². The van der Waals surface area contributed by atoms with Crippen molar-refractivity contribution in [2.45, 2.75) is 44.2 Å². The number of methoxy groups -OCH3 is 1. The highest BCUT2D eigenvalue weighted by molar-refractivity contribution is 5.68. The molecule has 1 fully saturated rings. The van der Waals surface area contributed by atoms with E-state index in [-0.39, 0.29) is 12.1 Å². The van der Waals surface area contributed by atoms with E-state index in [2.05, 4.69) is 5.32 Å². The van der Waals surface area contributed by atoms with E-state index < -0.39 is 0 Å². The van der Waals surface area contributed by atoms with Crippen LogP contribution < -0.4 is 15.8 Å². The van der Waals surface area contributed by atoms with Crippen LogP contribution in [-0.2, 0) is 0 Å². The summed E-state index contributed by atoms with van der Waals surface area (Å²) < 4.78 is 5.19. The van der Waals surface area contributed by atoms with Crippen LogP contribution in [0.1, 0.15) is 32.1 Å². The van der Waals surface area contributed by atoms with Crippen molar-refractivity contribution in [3.05, 3.63) is 18.2 Å². The minimum atomic E-state index is -0.293. The Morgan fingerprint density at radius 3 is 2.83 bits per heavy atom. The lowest BCUT2D eigenvalue weighted by molar-refractivity contribution is 0.144. The second-order valence-corrected chi connectivity index (χ2v) is 4.91. The molecule has 0 heterocycles. The van der Waals surface area contributed by atoms with Gasteiger partial charge < -0.3 is 20.9 Å². The van der Waals surface area contributed by atoms with E-state index in [0.29, 0.717) is 5.69 Å². The fraction of sp³-hybridized carbons (Fsp3) is 0.571. The van der Waals surface area contributed by atoms with Crippen LogP contribution in [0, 0.1) is 0 Å². The second-order valence-electron chi connectivity index (χ2n) is 4.91. The molecule has 1 aliphatic carbocycles. The number of hydrogen-bond donors (Lipinski definition) is 3. The van der Waals surface area contributed by atoms with Gasteiger partial charge in [-0.2, -0.15) is 0 Å². The van der Waals surface area contributed by atoms with Gasteiger partial charge in [0.2, 0.25) is 0 Å². The van der Waals surface area contributed by atoms with Gasteiger partial charge in [0, 0.05) is 6.07 Å². The monoisotopic (exact) mass is 250 g/mol. The largest absolute Gasteiger partial charge is 0.497 e. The maximum atomic E-state index is 10.1. The zero-order valence-electron chi connectivity index (χ0n) is 10.9. The molecule has 0 bridgehead atoms. The number of ether oxygens (including phenoxy) is 1. The number of nitrogens with one attached hydrogen (secondary N) is 1. The average Bonchev–Trinajstić information content (AvgIpc) is 2.58. The molecule has 4 heteroatoms. The van der Waals surface area contributed by atoms with Gasteiger partial charge in [-0.1, -0.05) is 19.3 Å². The summed E-state index contributed by atoms with van der Waals surface area (Å²) in [5, 5.41) is 13.5. The molecule has 0 amide bonds. The van der Waals surface area contributed by atoms with Crippen LogP contribution in [0.15, 0.2) is 18.2 Å². The predicted octanol–water partition coefficient (Wildman–Crippen LogP) is 2.38. The highest BCUT2D eigenvalue weighted by Crippen LogP contribution is 2.28. The molecular formula is C14H22N2O2. The van der Waals surface area contributed by atoms with E-state index in [1.54, 1.807) is 7.11 Å². The Bertz CT molecular complexity index is 395. The van der Waals surface area contributed by atoms with Gasteiger partial charge in [0.05, 0.1) is 30.6 Å². The Hall–Kier alpha value is -1.42. The lowest BCUT2D eigenvalue weighted by Crippen LogP contribution is -2.32. The van der Waals surface area contributed by atoms with Crippen molar-refractivity contribution in [2.24, 2.45) is 0 Å². The molecule has 0 spiro atoms. The number of hydrogen-bond acceptors (Lipinski definition) is 4. The van der Waals surface area contributed by atoms with Gasteiger partial charge >= 0.3 is 0 Å². The summed E-state index contributed by atoms with van der Waals surface area (Å²) in [4.78, 5) is 0. The Morgan fingerprint density at radius 1 is 1.28 bits per heavy atom. The van der Waals surface area contributed by atoms with E-state index >= 15 is 0 Å². The van der Waals surface area contributed by atoms with Crippen LogP contribution in [0.25, 0.3) is 0 Å². The van der Waals surface area contributed by atoms with Crippen LogP contribution in [0.5, 0.6) is 5.75 Å². The summed E-state index contributed by atoms with van der Waals surface area (Å²) in [6.45, 7) is 0. The summed E-state index contributed by atoms with van der Waals surface area (Å²) >= 11 is 0. The van der Waals surface area contributed by atoms with Crippen LogP contribution in [-0.4, -0.2) is 24.4 Å². The average molecular weight is 250 g/mol. The topological polar surface area (TPSA) is 67.5 Å². The third-order valence-electron chi connectivity index (χ3n) is 3.58. The van der Waals surface area contributed by atoms with Gasteiger partial charge in [0.1, 0.15) is 5.75 Å². The van der Waals surface area contributed by atoms with E-state index in [9.17, 15) is 5.11 Å². The first-order chi connectivity index (χ1) is 8.70. The molecule has 0 aromatic heterocycles. The molecule has 0 aliphatic heterocycles. The summed E-state index contributed by atoms with van der Waals surface area (Å²) in [7, 11) is 1.63. The molecule has 1 aromatic rings. The maximum absolute atomic E-state index is 10.1. The van der Waals surface area contributed by atoms with Crippen molar-refractivity contribution in [1.82, 2.24) is 0 Å². The van der Waals surface area contributed by atoms with Crippen molar-refractivity contribution in [2.75, 3.05) is 18.2 Å². The van der Waals surface area contributed by atoms with Gasteiger partial charge in [0.15, 0.2) is 0 Å². The number of rotatable bonds is 3. The first-order valence-corrected chi connectivity index (χ1v) is 6.59.